The van der Waals surface area contributed by atoms with E-state index in [-0.39, 0.29) is 11.7 Å². The Bertz CT molecular complexity index is 1180. The smallest absolute Gasteiger partial charge is 0.359 e. The third kappa shape index (κ3) is 5.31. The summed E-state index contributed by atoms with van der Waals surface area (Å²) in [5.41, 5.74) is 6.38. The predicted molar refractivity (Wildman–Crippen MR) is 131 cm³/mol. The first-order valence-corrected chi connectivity index (χ1v) is 12.3. The van der Waals surface area contributed by atoms with Crippen LogP contribution in [-0.4, -0.2) is 57.5 Å². The van der Waals surface area contributed by atoms with Crippen molar-refractivity contribution < 1.29 is 19.4 Å². The third-order valence-corrected chi connectivity index (χ3v) is 6.95. The number of fused-ring (bicyclic) bond motifs is 1. The zero-order chi connectivity index (χ0) is 24.1. The molecule has 4 rings (SSSR count). The Balaban J connectivity index is 1.48. The maximum Gasteiger partial charge on any atom is 0.359 e. The van der Waals surface area contributed by atoms with Crippen molar-refractivity contribution >= 4 is 23.4 Å². The van der Waals surface area contributed by atoms with Gasteiger partial charge in [-0.25, -0.2) is 9.78 Å². The van der Waals surface area contributed by atoms with Crippen LogP contribution in [0.25, 0.3) is 6.08 Å². The molecule has 1 aliphatic heterocycles. The van der Waals surface area contributed by atoms with Crippen LogP contribution in [0.4, 0.5) is 0 Å². The van der Waals surface area contributed by atoms with Gasteiger partial charge < -0.3 is 14.6 Å². The van der Waals surface area contributed by atoms with Gasteiger partial charge in [-0.3, -0.25) is 9.58 Å². The van der Waals surface area contributed by atoms with E-state index in [1.54, 1.807) is 23.5 Å². The minimum absolute atomic E-state index is 0.122. The second-order valence-electron chi connectivity index (χ2n) is 8.15. The van der Waals surface area contributed by atoms with E-state index < -0.39 is 0 Å². The largest absolute Gasteiger partial charge is 0.504 e. The number of aromatic hydroxyl groups is 1. The van der Waals surface area contributed by atoms with Crippen LogP contribution < -0.4 is 4.74 Å². The van der Waals surface area contributed by atoms with Crippen molar-refractivity contribution in [3.8, 4) is 11.5 Å². The fourth-order valence-electron chi connectivity index (χ4n) is 4.16. The Morgan fingerprint density at radius 2 is 2.21 bits per heavy atom. The van der Waals surface area contributed by atoms with Gasteiger partial charge in [-0.1, -0.05) is 18.2 Å². The van der Waals surface area contributed by atoms with Gasteiger partial charge in [0.2, 0.25) is 0 Å². The molecule has 1 N–H and O–H groups in total. The minimum atomic E-state index is -0.361. The summed E-state index contributed by atoms with van der Waals surface area (Å²) < 4.78 is 12.5. The molecule has 0 unspecified atom stereocenters. The second-order valence-corrected chi connectivity index (χ2v) is 9.09. The van der Waals surface area contributed by atoms with Crippen LogP contribution in [0, 0.1) is 6.92 Å². The molecular weight excluding hydrogens is 452 g/mol. The number of rotatable bonds is 9. The highest BCUT2D eigenvalue weighted by Crippen LogP contribution is 2.27. The van der Waals surface area contributed by atoms with Gasteiger partial charge in [-0.2, -0.15) is 5.10 Å². The number of aryl methyl sites for hydroxylation is 3. The van der Waals surface area contributed by atoms with Gasteiger partial charge in [0.1, 0.15) is 0 Å². The summed E-state index contributed by atoms with van der Waals surface area (Å²) in [6.07, 6.45) is 5.75. The van der Waals surface area contributed by atoms with E-state index >= 15 is 0 Å². The lowest BCUT2D eigenvalue weighted by Crippen LogP contribution is -2.32. The fourth-order valence-corrected chi connectivity index (χ4v) is 4.93. The molecule has 1 aliphatic rings. The first-order valence-electron chi connectivity index (χ1n) is 11.4. The summed E-state index contributed by atoms with van der Waals surface area (Å²) in [6, 6.07) is 5.27. The van der Waals surface area contributed by atoms with E-state index in [2.05, 4.69) is 21.1 Å². The highest BCUT2D eigenvalue weighted by atomic mass is 32.1. The number of phenols is 1. The molecule has 1 aromatic carbocycles. The summed E-state index contributed by atoms with van der Waals surface area (Å²) >= 11 is 1.66. The van der Waals surface area contributed by atoms with E-state index in [0.717, 1.165) is 48.4 Å². The van der Waals surface area contributed by atoms with Gasteiger partial charge in [-0.15, -0.1) is 11.3 Å². The quantitative estimate of drug-likeness (QED) is 0.463. The molecule has 9 heteroatoms. The van der Waals surface area contributed by atoms with Crippen LogP contribution in [0.5, 0.6) is 11.5 Å². The molecule has 3 heterocycles. The molecule has 0 aliphatic carbocycles. The highest BCUT2D eigenvalue weighted by molar-refractivity contribution is 7.09. The molecule has 0 atom stereocenters. The Hall–Kier alpha value is -3.17. The Kier molecular flexibility index (Phi) is 7.64. The zero-order valence-corrected chi connectivity index (χ0v) is 20.6. The number of ether oxygens (including phenoxy) is 2. The summed E-state index contributed by atoms with van der Waals surface area (Å²) in [5, 5.41) is 14.4. The molecule has 0 amide bonds. The second kappa shape index (κ2) is 10.8. The van der Waals surface area contributed by atoms with Gasteiger partial charge in [0, 0.05) is 55.2 Å². The van der Waals surface area contributed by atoms with Crippen molar-refractivity contribution in [2.24, 2.45) is 0 Å². The number of benzene rings is 1. The summed E-state index contributed by atoms with van der Waals surface area (Å²) in [5.74, 6) is 0.210. The van der Waals surface area contributed by atoms with E-state index in [1.807, 2.05) is 36.2 Å². The molecule has 0 fully saturated rings. The van der Waals surface area contributed by atoms with Gasteiger partial charge in [-0.05, 0) is 31.5 Å². The van der Waals surface area contributed by atoms with Crippen molar-refractivity contribution in [3.05, 3.63) is 62.9 Å². The Morgan fingerprint density at radius 3 is 2.94 bits per heavy atom. The lowest BCUT2D eigenvalue weighted by molar-refractivity contribution is 0.0516. The zero-order valence-electron chi connectivity index (χ0n) is 19.8. The SMILES string of the molecule is CCOC(=O)c1nn(CCc2scnc2C)c2c1CN(C/C=C/c1ccc(O)c(OC)c1)CC2. The number of methoxy groups -OCH3 is 1. The van der Waals surface area contributed by atoms with Crippen molar-refractivity contribution in [1.82, 2.24) is 19.7 Å². The van der Waals surface area contributed by atoms with Crippen LogP contribution in [0.1, 0.15) is 44.8 Å². The maximum absolute atomic E-state index is 12.6. The molecule has 180 valence electrons. The number of nitrogens with zero attached hydrogens (tertiary/aromatic N) is 4. The van der Waals surface area contributed by atoms with Gasteiger partial charge >= 0.3 is 5.97 Å². The van der Waals surface area contributed by atoms with Crippen LogP contribution in [0.2, 0.25) is 0 Å². The van der Waals surface area contributed by atoms with Crippen LogP contribution in [-0.2, 0) is 30.7 Å². The average molecular weight is 483 g/mol. The third-order valence-electron chi connectivity index (χ3n) is 5.96. The van der Waals surface area contributed by atoms with Gasteiger partial charge in [0.15, 0.2) is 17.2 Å². The van der Waals surface area contributed by atoms with E-state index in [9.17, 15) is 9.90 Å². The topological polar surface area (TPSA) is 89.7 Å². The molecule has 34 heavy (non-hydrogen) atoms. The summed E-state index contributed by atoms with van der Waals surface area (Å²) in [6.45, 7) is 7.13. The summed E-state index contributed by atoms with van der Waals surface area (Å²) in [4.78, 5) is 20.5. The van der Waals surface area contributed by atoms with E-state index in [1.165, 1.54) is 12.0 Å². The Morgan fingerprint density at radius 1 is 1.35 bits per heavy atom. The molecule has 2 aromatic heterocycles. The van der Waals surface area contributed by atoms with Crippen LogP contribution in [0.3, 0.4) is 0 Å². The lowest BCUT2D eigenvalue weighted by Gasteiger charge is -2.26. The Labute approximate surface area is 203 Å². The van der Waals surface area contributed by atoms with E-state index in [4.69, 9.17) is 9.47 Å². The normalized spacial score (nSPS) is 13.9. The number of phenolic OH excluding ortho intramolecular Hbond substituents is 1. The van der Waals surface area contributed by atoms with Gasteiger partial charge in [0.05, 0.1) is 24.9 Å². The predicted octanol–water partition coefficient (Wildman–Crippen LogP) is 3.85. The lowest BCUT2D eigenvalue weighted by atomic mass is 10.0. The highest BCUT2D eigenvalue weighted by Gasteiger charge is 2.28. The number of carbonyl (C=O) groups is 1. The van der Waals surface area contributed by atoms with Crippen molar-refractivity contribution in [2.75, 3.05) is 26.8 Å². The number of esters is 1. The maximum atomic E-state index is 12.6. The average Bonchev–Trinajstić information content (AvgIpc) is 3.41. The first-order chi connectivity index (χ1) is 16.5. The molecule has 0 radical (unpaired) electrons. The van der Waals surface area contributed by atoms with E-state index in [0.29, 0.717) is 31.1 Å². The molecule has 0 bridgehead atoms. The van der Waals surface area contributed by atoms with Crippen molar-refractivity contribution in [1.29, 1.82) is 0 Å². The van der Waals surface area contributed by atoms with Crippen molar-refractivity contribution in [2.45, 2.75) is 39.8 Å². The monoisotopic (exact) mass is 482 g/mol. The molecule has 8 nitrogen and oxygen atoms in total. The standard InChI is InChI=1S/C25H30N4O4S/c1-4-33-25(31)24-19-15-28(11-5-6-18-7-8-21(30)22(14-18)32-3)12-9-20(19)29(27-24)13-10-23-17(2)26-16-34-23/h5-8,14,16,30H,4,9-13,15H2,1-3H3/b6-5+. The minimum Gasteiger partial charge on any atom is -0.504 e. The first kappa shape index (κ1) is 24.0. The molecule has 0 saturated heterocycles. The fraction of sp³-hybridized carbons (Fsp3) is 0.400. The summed E-state index contributed by atoms with van der Waals surface area (Å²) in [7, 11) is 1.54. The number of hydrogen-bond acceptors (Lipinski definition) is 8. The number of carbonyl (C=O) groups excluding carboxylic acids is 1. The number of aromatic nitrogens is 3. The van der Waals surface area contributed by atoms with Gasteiger partial charge in [0.25, 0.3) is 0 Å². The van der Waals surface area contributed by atoms with Crippen LogP contribution >= 0.6 is 11.3 Å². The molecule has 0 spiro atoms. The molecule has 0 saturated carbocycles. The molecular formula is C25H30N4O4S. The number of hydrogen-bond donors (Lipinski definition) is 1. The molecule has 3 aromatic rings. The van der Waals surface area contributed by atoms with Crippen LogP contribution in [0.15, 0.2) is 29.8 Å². The van der Waals surface area contributed by atoms with Crippen molar-refractivity contribution in [3.63, 3.8) is 0 Å². The number of thiazole rings is 1.